The second-order valence-corrected chi connectivity index (χ2v) is 4.60. The van der Waals surface area contributed by atoms with Gasteiger partial charge < -0.3 is 0 Å². The Labute approximate surface area is 106 Å². The van der Waals surface area contributed by atoms with Crippen LogP contribution in [-0.2, 0) is 14.3 Å². The summed E-state index contributed by atoms with van der Waals surface area (Å²) in [6.45, 7) is 5.30. The molecule has 0 aliphatic heterocycles. The number of hydrogen-bond acceptors (Lipinski definition) is 3. The van der Waals surface area contributed by atoms with Gasteiger partial charge in [-0.1, -0.05) is 30.4 Å². The molecule has 15 heavy (non-hydrogen) atoms. The summed E-state index contributed by atoms with van der Waals surface area (Å²) in [4.78, 5) is 0.168. The van der Waals surface area contributed by atoms with Crippen LogP contribution in [0, 0.1) is 0 Å². The van der Waals surface area contributed by atoms with E-state index in [1.165, 1.54) is 12.1 Å². The summed E-state index contributed by atoms with van der Waals surface area (Å²) in [5.74, 6) is 0. The Balaban J connectivity index is 0.00000196. The molecular formula is C10H14MgO3S. The van der Waals surface area contributed by atoms with Crippen molar-refractivity contribution in [3.63, 3.8) is 0 Å². The first-order chi connectivity index (χ1) is 6.52. The van der Waals surface area contributed by atoms with Crippen LogP contribution in [0.3, 0.4) is 0 Å². The molecule has 0 atom stereocenters. The average Bonchev–Trinajstić information content (AvgIpc) is 2.16. The van der Waals surface area contributed by atoms with Gasteiger partial charge in [0.15, 0.2) is 0 Å². The SMILES string of the molecule is C=C(C)COS(=O)(=O)c1ccccc1.[MgH2]. The number of benzene rings is 1. The molecule has 0 fully saturated rings. The van der Waals surface area contributed by atoms with Crippen LogP contribution >= 0.6 is 0 Å². The maximum atomic E-state index is 11.5. The van der Waals surface area contributed by atoms with E-state index in [-0.39, 0.29) is 34.6 Å². The summed E-state index contributed by atoms with van der Waals surface area (Å²) in [5, 5.41) is 0. The maximum absolute atomic E-state index is 11.5. The monoisotopic (exact) mass is 238 g/mol. The molecule has 0 aromatic heterocycles. The van der Waals surface area contributed by atoms with E-state index in [2.05, 4.69) is 6.58 Å². The van der Waals surface area contributed by atoms with Crippen molar-refractivity contribution in [3.05, 3.63) is 42.5 Å². The summed E-state index contributed by atoms with van der Waals surface area (Å²) in [6.07, 6.45) is 0. The molecule has 0 aliphatic rings. The predicted molar refractivity (Wildman–Crippen MR) is 62.9 cm³/mol. The smallest absolute Gasteiger partial charge is 0.262 e. The van der Waals surface area contributed by atoms with Crippen molar-refractivity contribution in [1.29, 1.82) is 0 Å². The zero-order valence-corrected chi connectivity index (χ0v) is 8.75. The lowest BCUT2D eigenvalue weighted by Crippen LogP contribution is -2.07. The van der Waals surface area contributed by atoms with Crippen molar-refractivity contribution in [2.75, 3.05) is 6.61 Å². The Morgan fingerprint density at radius 1 is 1.33 bits per heavy atom. The zero-order valence-electron chi connectivity index (χ0n) is 7.93. The third-order valence-electron chi connectivity index (χ3n) is 1.49. The molecule has 0 radical (unpaired) electrons. The van der Waals surface area contributed by atoms with E-state index in [0.717, 1.165) is 0 Å². The molecule has 80 valence electrons. The first-order valence-corrected chi connectivity index (χ1v) is 5.52. The third kappa shape index (κ3) is 4.79. The van der Waals surface area contributed by atoms with E-state index in [9.17, 15) is 8.42 Å². The van der Waals surface area contributed by atoms with Gasteiger partial charge in [-0.3, -0.25) is 4.18 Å². The fraction of sp³-hybridized carbons (Fsp3) is 0.200. The molecule has 1 rings (SSSR count). The quantitative estimate of drug-likeness (QED) is 0.447. The van der Waals surface area contributed by atoms with Gasteiger partial charge in [0.25, 0.3) is 10.1 Å². The van der Waals surface area contributed by atoms with Crippen molar-refractivity contribution in [2.24, 2.45) is 0 Å². The molecule has 1 aromatic rings. The Kier molecular flexibility index (Phi) is 6.12. The Hall–Kier alpha value is -0.364. The zero-order chi connectivity index (χ0) is 10.6. The van der Waals surface area contributed by atoms with Crippen molar-refractivity contribution in [3.8, 4) is 0 Å². The van der Waals surface area contributed by atoms with Crippen molar-refractivity contribution >= 4 is 33.2 Å². The van der Waals surface area contributed by atoms with Crippen LogP contribution in [0.4, 0.5) is 0 Å². The van der Waals surface area contributed by atoms with E-state index in [4.69, 9.17) is 4.18 Å². The normalized spacial score (nSPS) is 10.5. The lowest BCUT2D eigenvalue weighted by molar-refractivity contribution is 0.348. The molecule has 0 aliphatic carbocycles. The molecule has 0 saturated heterocycles. The van der Waals surface area contributed by atoms with E-state index in [0.29, 0.717) is 5.57 Å². The molecule has 0 unspecified atom stereocenters. The minimum Gasteiger partial charge on any atom is -0.262 e. The lowest BCUT2D eigenvalue weighted by Gasteiger charge is -2.04. The Morgan fingerprint density at radius 3 is 2.33 bits per heavy atom. The van der Waals surface area contributed by atoms with Gasteiger partial charge in [0.1, 0.15) is 0 Å². The fourth-order valence-electron chi connectivity index (χ4n) is 0.833. The summed E-state index contributed by atoms with van der Waals surface area (Å²) < 4.78 is 27.7. The van der Waals surface area contributed by atoms with Gasteiger partial charge in [0.2, 0.25) is 0 Å². The van der Waals surface area contributed by atoms with Gasteiger partial charge in [-0.2, -0.15) is 8.42 Å². The highest BCUT2D eigenvalue weighted by Crippen LogP contribution is 2.11. The van der Waals surface area contributed by atoms with Crippen LogP contribution < -0.4 is 0 Å². The van der Waals surface area contributed by atoms with E-state index in [1.54, 1.807) is 25.1 Å². The van der Waals surface area contributed by atoms with Crippen LogP contribution in [0.2, 0.25) is 0 Å². The lowest BCUT2D eigenvalue weighted by atomic mass is 10.4. The molecule has 0 heterocycles. The second-order valence-electron chi connectivity index (χ2n) is 2.99. The molecule has 1 aromatic carbocycles. The molecule has 3 nitrogen and oxygen atoms in total. The Bertz CT molecular complexity index is 412. The molecule has 0 saturated carbocycles. The highest BCUT2D eigenvalue weighted by atomic mass is 32.2. The molecule has 5 heteroatoms. The average molecular weight is 239 g/mol. The largest absolute Gasteiger partial charge is 0.316 e. The van der Waals surface area contributed by atoms with E-state index in [1.807, 2.05) is 0 Å². The highest BCUT2D eigenvalue weighted by molar-refractivity contribution is 7.86. The topological polar surface area (TPSA) is 43.4 Å². The number of rotatable bonds is 4. The van der Waals surface area contributed by atoms with Crippen molar-refractivity contribution in [2.45, 2.75) is 11.8 Å². The van der Waals surface area contributed by atoms with Crippen LogP contribution in [-0.4, -0.2) is 38.1 Å². The van der Waals surface area contributed by atoms with Crippen molar-refractivity contribution < 1.29 is 12.6 Å². The van der Waals surface area contributed by atoms with E-state index < -0.39 is 10.1 Å². The molecule has 0 N–H and O–H groups in total. The van der Waals surface area contributed by atoms with Crippen LogP contribution in [0.1, 0.15) is 6.92 Å². The first kappa shape index (κ1) is 14.6. The van der Waals surface area contributed by atoms with Crippen LogP contribution in [0.5, 0.6) is 0 Å². The van der Waals surface area contributed by atoms with E-state index >= 15 is 0 Å². The number of hydrogen-bond donors (Lipinski definition) is 0. The summed E-state index contributed by atoms with van der Waals surface area (Å²) in [5.41, 5.74) is 0.671. The minimum absolute atomic E-state index is 0. The minimum atomic E-state index is -3.62. The van der Waals surface area contributed by atoms with Gasteiger partial charge in [0.05, 0.1) is 11.5 Å². The molecular weight excluding hydrogens is 224 g/mol. The molecule has 0 amide bonds. The first-order valence-electron chi connectivity index (χ1n) is 4.11. The van der Waals surface area contributed by atoms with Crippen LogP contribution in [0.25, 0.3) is 0 Å². The van der Waals surface area contributed by atoms with Crippen molar-refractivity contribution in [1.82, 2.24) is 0 Å². The van der Waals surface area contributed by atoms with Gasteiger partial charge in [-0.05, 0) is 19.1 Å². The van der Waals surface area contributed by atoms with Gasteiger partial charge >= 0.3 is 23.1 Å². The van der Waals surface area contributed by atoms with Gasteiger partial charge in [-0.25, -0.2) is 0 Å². The maximum Gasteiger partial charge on any atom is 0.316 e. The fourth-order valence-corrected chi connectivity index (χ4v) is 1.82. The summed E-state index contributed by atoms with van der Waals surface area (Å²) in [6, 6.07) is 8.04. The van der Waals surface area contributed by atoms with Gasteiger partial charge in [-0.15, -0.1) is 0 Å². The Morgan fingerprint density at radius 2 is 1.87 bits per heavy atom. The standard InChI is InChI=1S/C10H12O3S.Mg.2H/c1-9(2)8-13-14(11,12)10-6-4-3-5-7-10;;;/h3-7H,1,8H2,2H3;;;. The molecule has 0 bridgehead atoms. The predicted octanol–water partition coefficient (Wildman–Crippen LogP) is 1.05. The second kappa shape index (κ2) is 6.27. The summed E-state index contributed by atoms with van der Waals surface area (Å²) in [7, 11) is -3.62. The highest BCUT2D eigenvalue weighted by Gasteiger charge is 2.13. The summed E-state index contributed by atoms with van der Waals surface area (Å²) >= 11 is 0. The van der Waals surface area contributed by atoms with Crippen LogP contribution in [0.15, 0.2) is 47.4 Å². The third-order valence-corrected chi connectivity index (χ3v) is 2.77. The van der Waals surface area contributed by atoms with Gasteiger partial charge in [0, 0.05) is 0 Å². The molecule has 0 spiro atoms.